The third-order valence-corrected chi connectivity index (χ3v) is 4.01. The number of alkyl halides is 2. The lowest BCUT2D eigenvalue weighted by molar-refractivity contribution is -0.117. The van der Waals surface area contributed by atoms with Gasteiger partial charge in [0, 0.05) is 11.6 Å². The minimum Gasteiger partial charge on any atom is -0.324 e. The van der Waals surface area contributed by atoms with Crippen molar-refractivity contribution >= 4 is 11.6 Å². The van der Waals surface area contributed by atoms with Crippen LogP contribution < -0.4 is 5.32 Å². The molecule has 23 heavy (non-hydrogen) atoms. The van der Waals surface area contributed by atoms with Gasteiger partial charge in [0.05, 0.1) is 5.69 Å². The number of aromatic nitrogens is 2. The Labute approximate surface area is 133 Å². The zero-order valence-electron chi connectivity index (χ0n) is 13.1. The Morgan fingerprint density at radius 3 is 2.74 bits per heavy atom. The predicted octanol–water partition coefficient (Wildman–Crippen LogP) is 3.95. The van der Waals surface area contributed by atoms with E-state index in [1.165, 1.54) is 6.07 Å². The van der Waals surface area contributed by atoms with Gasteiger partial charge < -0.3 is 5.32 Å². The van der Waals surface area contributed by atoms with Crippen LogP contribution in [0.2, 0.25) is 0 Å². The summed E-state index contributed by atoms with van der Waals surface area (Å²) in [6.45, 7) is 3.61. The van der Waals surface area contributed by atoms with E-state index < -0.39 is 6.43 Å². The van der Waals surface area contributed by atoms with Crippen LogP contribution in [0.25, 0.3) is 0 Å². The van der Waals surface area contributed by atoms with Crippen LogP contribution in [0, 0.1) is 13.8 Å². The molecule has 0 radical (unpaired) electrons. The molecule has 1 aliphatic carbocycles. The molecule has 0 bridgehead atoms. The van der Waals surface area contributed by atoms with Crippen molar-refractivity contribution in [3.05, 3.63) is 46.8 Å². The lowest BCUT2D eigenvalue weighted by atomic mass is 10.1. The summed E-state index contributed by atoms with van der Waals surface area (Å²) in [5, 5.41) is 6.97. The minimum absolute atomic E-state index is 0.192. The second kappa shape index (κ2) is 6.10. The van der Waals surface area contributed by atoms with Crippen LogP contribution in [0.3, 0.4) is 0 Å². The maximum Gasteiger partial charge on any atom is 0.280 e. The van der Waals surface area contributed by atoms with Gasteiger partial charge in [0.1, 0.15) is 12.2 Å². The number of rotatable bonds is 5. The van der Waals surface area contributed by atoms with Crippen LogP contribution in [0.4, 0.5) is 14.5 Å². The molecule has 0 aliphatic heterocycles. The van der Waals surface area contributed by atoms with E-state index in [1.807, 2.05) is 32.0 Å². The van der Waals surface area contributed by atoms with E-state index in [0.717, 1.165) is 28.7 Å². The molecule has 1 amide bonds. The second-order valence-corrected chi connectivity index (χ2v) is 6.09. The molecule has 0 unspecified atom stereocenters. The molecule has 0 saturated heterocycles. The Morgan fingerprint density at radius 2 is 2.09 bits per heavy atom. The molecular weight excluding hydrogens is 300 g/mol. The van der Waals surface area contributed by atoms with E-state index in [0.29, 0.717) is 11.4 Å². The number of anilines is 1. The predicted molar refractivity (Wildman–Crippen MR) is 83.7 cm³/mol. The zero-order valence-corrected chi connectivity index (χ0v) is 13.1. The lowest BCUT2D eigenvalue weighted by Gasteiger charge is -2.11. The fourth-order valence-corrected chi connectivity index (χ4v) is 2.53. The molecule has 122 valence electrons. The van der Waals surface area contributed by atoms with Gasteiger partial charge in [-0.1, -0.05) is 12.1 Å². The number of carbonyl (C=O) groups excluding carboxylic acids is 1. The van der Waals surface area contributed by atoms with Gasteiger partial charge in [-0.15, -0.1) is 0 Å². The molecule has 0 atom stereocenters. The van der Waals surface area contributed by atoms with E-state index >= 15 is 0 Å². The molecule has 1 aromatic heterocycles. The Kier molecular flexibility index (Phi) is 4.15. The fraction of sp³-hybridized carbons (Fsp3) is 0.412. The summed E-state index contributed by atoms with van der Waals surface area (Å²) in [6, 6.07) is 7.15. The summed E-state index contributed by atoms with van der Waals surface area (Å²) >= 11 is 0. The first-order chi connectivity index (χ1) is 10.9. The quantitative estimate of drug-likeness (QED) is 0.907. The molecule has 1 saturated carbocycles. The van der Waals surface area contributed by atoms with Crippen molar-refractivity contribution in [3.63, 3.8) is 0 Å². The lowest BCUT2D eigenvalue weighted by Crippen LogP contribution is -2.21. The van der Waals surface area contributed by atoms with Crippen molar-refractivity contribution in [1.82, 2.24) is 9.78 Å². The number of hydrogen-bond acceptors (Lipinski definition) is 2. The van der Waals surface area contributed by atoms with E-state index in [2.05, 4.69) is 10.4 Å². The molecule has 1 aliphatic rings. The number of benzene rings is 1. The van der Waals surface area contributed by atoms with E-state index in [1.54, 1.807) is 0 Å². The highest BCUT2D eigenvalue weighted by Gasteiger charge is 2.29. The van der Waals surface area contributed by atoms with Crippen molar-refractivity contribution in [2.24, 2.45) is 0 Å². The van der Waals surface area contributed by atoms with Crippen molar-refractivity contribution in [1.29, 1.82) is 0 Å². The van der Waals surface area contributed by atoms with Crippen molar-refractivity contribution in [2.75, 3.05) is 5.32 Å². The Hall–Kier alpha value is -2.24. The molecule has 1 heterocycles. The standard InChI is InChI=1S/C17H19F2N3O/c1-10-3-4-11(2)13(7-10)20-16(23)9-22-15(17(18)19)8-14(21-22)12-5-6-12/h3-4,7-8,12,17H,5-6,9H2,1-2H3,(H,20,23). The molecule has 4 nitrogen and oxygen atoms in total. The summed E-state index contributed by atoms with van der Waals surface area (Å²) in [6.07, 6.45) is -0.675. The third-order valence-electron chi connectivity index (χ3n) is 4.01. The molecule has 1 fully saturated rings. The van der Waals surface area contributed by atoms with Crippen LogP contribution in [-0.4, -0.2) is 15.7 Å². The SMILES string of the molecule is Cc1ccc(C)c(NC(=O)Cn2nc(C3CC3)cc2C(F)F)c1. The Bertz CT molecular complexity index is 735. The van der Waals surface area contributed by atoms with Crippen LogP contribution in [0.1, 0.15) is 47.7 Å². The van der Waals surface area contributed by atoms with E-state index in [-0.39, 0.29) is 24.1 Å². The van der Waals surface area contributed by atoms with Crippen LogP contribution in [0.5, 0.6) is 0 Å². The highest BCUT2D eigenvalue weighted by Crippen LogP contribution is 2.40. The number of aryl methyl sites for hydroxylation is 2. The maximum atomic E-state index is 13.1. The van der Waals surface area contributed by atoms with E-state index in [4.69, 9.17) is 0 Å². The van der Waals surface area contributed by atoms with Gasteiger partial charge in [0.2, 0.25) is 5.91 Å². The zero-order chi connectivity index (χ0) is 16.6. The highest BCUT2D eigenvalue weighted by molar-refractivity contribution is 5.91. The third kappa shape index (κ3) is 3.57. The number of carbonyl (C=O) groups is 1. The number of hydrogen-bond donors (Lipinski definition) is 1. The summed E-state index contributed by atoms with van der Waals surface area (Å²) < 4.78 is 27.4. The molecule has 6 heteroatoms. The monoisotopic (exact) mass is 319 g/mol. The number of nitrogens with one attached hydrogen (secondary N) is 1. The highest BCUT2D eigenvalue weighted by atomic mass is 19.3. The molecule has 1 aromatic carbocycles. The summed E-state index contributed by atoms with van der Waals surface area (Å²) in [4.78, 5) is 12.2. The average Bonchev–Trinajstić information content (AvgIpc) is 3.24. The van der Waals surface area contributed by atoms with Crippen LogP contribution in [-0.2, 0) is 11.3 Å². The topological polar surface area (TPSA) is 46.9 Å². The molecule has 2 aromatic rings. The van der Waals surface area contributed by atoms with Crippen molar-refractivity contribution in [3.8, 4) is 0 Å². The van der Waals surface area contributed by atoms with Crippen molar-refractivity contribution in [2.45, 2.75) is 45.6 Å². The maximum absolute atomic E-state index is 13.1. The van der Waals surface area contributed by atoms with E-state index in [9.17, 15) is 13.6 Å². The normalized spacial score (nSPS) is 14.3. The smallest absolute Gasteiger partial charge is 0.280 e. The van der Waals surface area contributed by atoms with Crippen LogP contribution >= 0.6 is 0 Å². The van der Waals surface area contributed by atoms with Gasteiger partial charge in [-0.25, -0.2) is 8.78 Å². The number of nitrogens with zero attached hydrogens (tertiary/aromatic N) is 2. The van der Waals surface area contributed by atoms with Gasteiger partial charge in [-0.2, -0.15) is 5.10 Å². The average molecular weight is 319 g/mol. The van der Waals surface area contributed by atoms with Gasteiger partial charge in [-0.3, -0.25) is 9.48 Å². The first-order valence-corrected chi connectivity index (χ1v) is 7.67. The van der Waals surface area contributed by atoms with Gasteiger partial charge in [0.15, 0.2) is 0 Å². The molecule has 1 N–H and O–H groups in total. The van der Waals surface area contributed by atoms with Gasteiger partial charge in [0.25, 0.3) is 6.43 Å². The first kappa shape index (κ1) is 15.6. The Morgan fingerprint density at radius 1 is 1.35 bits per heavy atom. The molecule has 3 rings (SSSR count). The first-order valence-electron chi connectivity index (χ1n) is 7.67. The van der Waals surface area contributed by atoms with Crippen LogP contribution in [0.15, 0.2) is 24.3 Å². The van der Waals surface area contributed by atoms with Gasteiger partial charge in [-0.05, 0) is 49.9 Å². The summed E-state index contributed by atoms with van der Waals surface area (Å²) in [5.41, 5.74) is 3.12. The summed E-state index contributed by atoms with van der Waals surface area (Å²) in [7, 11) is 0. The molecular formula is C17H19F2N3O. The largest absolute Gasteiger partial charge is 0.324 e. The van der Waals surface area contributed by atoms with Gasteiger partial charge >= 0.3 is 0 Å². The number of amides is 1. The second-order valence-electron chi connectivity index (χ2n) is 6.09. The number of halogens is 2. The summed E-state index contributed by atoms with van der Waals surface area (Å²) in [5.74, 6) is -0.0816. The minimum atomic E-state index is -2.64. The van der Waals surface area contributed by atoms with Crippen molar-refractivity contribution < 1.29 is 13.6 Å². The fourth-order valence-electron chi connectivity index (χ4n) is 2.53. The Balaban J connectivity index is 1.75. The molecule has 0 spiro atoms.